The highest BCUT2D eigenvalue weighted by molar-refractivity contribution is 7.99. The standard InChI is InChI=1S/C15H15FN2O4S/c16-14-11(22-15-13(21)12(20)10(19)7-23-15)2-1-9(18-14)8-3-5-17-6-4-8/h1-6,10,12-13,15,19-21H,7H2/t10-,12+,13-,15+/m1/s1. The van der Waals surface area contributed by atoms with Crippen molar-refractivity contribution in [3.63, 3.8) is 0 Å². The Morgan fingerprint density at radius 1 is 1.09 bits per heavy atom. The van der Waals surface area contributed by atoms with Crippen molar-refractivity contribution in [3.8, 4) is 17.0 Å². The van der Waals surface area contributed by atoms with E-state index in [0.717, 1.165) is 17.3 Å². The Bertz CT molecular complexity index is 676. The van der Waals surface area contributed by atoms with Crippen molar-refractivity contribution in [3.05, 3.63) is 42.6 Å². The van der Waals surface area contributed by atoms with E-state index in [-0.39, 0.29) is 11.5 Å². The first-order chi connectivity index (χ1) is 11.1. The quantitative estimate of drug-likeness (QED) is 0.713. The monoisotopic (exact) mass is 338 g/mol. The molecule has 0 aromatic carbocycles. The Kier molecular flexibility index (Phi) is 4.76. The summed E-state index contributed by atoms with van der Waals surface area (Å²) in [7, 11) is 0. The summed E-state index contributed by atoms with van der Waals surface area (Å²) in [5, 5.41) is 29.0. The highest BCUT2D eigenvalue weighted by atomic mass is 32.2. The summed E-state index contributed by atoms with van der Waals surface area (Å²) >= 11 is 1.10. The Balaban J connectivity index is 1.77. The maximum atomic E-state index is 14.1. The summed E-state index contributed by atoms with van der Waals surface area (Å²) in [5.74, 6) is -0.747. The van der Waals surface area contributed by atoms with Crippen molar-refractivity contribution in [2.75, 3.05) is 5.75 Å². The number of pyridine rings is 2. The van der Waals surface area contributed by atoms with Crippen molar-refractivity contribution >= 4 is 11.8 Å². The van der Waals surface area contributed by atoms with E-state index in [0.29, 0.717) is 5.69 Å². The van der Waals surface area contributed by atoms with Crippen LogP contribution in [0.25, 0.3) is 11.3 Å². The number of hydrogen-bond acceptors (Lipinski definition) is 7. The smallest absolute Gasteiger partial charge is 0.255 e. The van der Waals surface area contributed by atoms with Crippen molar-refractivity contribution in [2.45, 2.75) is 23.7 Å². The summed E-state index contributed by atoms with van der Waals surface area (Å²) in [4.78, 5) is 7.73. The molecule has 1 aliphatic rings. The molecule has 2 aromatic heterocycles. The van der Waals surface area contributed by atoms with E-state index in [1.165, 1.54) is 6.07 Å². The van der Waals surface area contributed by atoms with Crippen LogP contribution in [-0.4, -0.2) is 54.8 Å². The molecule has 0 aliphatic carbocycles. The normalized spacial score (nSPS) is 27.7. The average molecular weight is 338 g/mol. The zero-order valence-corrected chi connectivity index (χ0v) is 12.7. The summed E-state index contributed by atoms with van der Waals surface area (Å²) in [6, 6.07) is 6.43. The number of aliphatic hydroxyl groups excluding tert-OH is 3. The number of ether oxygens (including phenoxy) is 1. The molecule has 0 bridgehead atoms. The molecule has 0 spiro atoms. The van der Waals surface area contributed by atoms with Gasteiger partial charge in [0.1, 0.15) is 12.2 Å². The molecule has 0 unspecified atom stereocenters. The number of halogens is 1. The molecule has 0 radical (unpaired) electrons. The van der Waals surface area contributed by atoms with E-state index >= 15 is 0 Å². The van der Waals surface area contributed by atoms with Crippen LogP contribution in [0.15, 0.2) is 36.7 Å². The first-order valence-electron chi connectivity index (χ1n) is 6.95. The van der Waals surface area contributed by atoms with Crippen molar-refractivity contribution in [1.29, 1.82) is 0 Å². The molecular weight excluding hydrogens is 323 g/mol. The van der Waals surface area contributed by atoms with E-state index in [1.807, 2.05) is 0 Å². The SMILES string of the molecule is O[C@@H]1[C@@H](O)[C@@H](Oc2ccc(-c3ccncc3)nc2F)SC[C@H]1O. The lowest BCUT2D eigenvalue weighted by molar-refractivity contribution is -0.0790. The van der Waals surface area contributed by atoms with Crippen LogP contribution in [0.1, 0.15) is 0 Å². The van der Waals surface area contributed by atoms with Gasteiger partial charge in [0.25, 0.3) is 5.95 Å². The van der Waals surface area contributed by atoms with Crippen LogP contribution in [0.5, 0.6) is 5.75 Å². The second-order valence-electron chi connectivity index (χ2n) is 5.09. The lowest BCUT2D eigenvalue weighted by Crippen LogP contribution is -2.50. The van der Waals surface area contributed by atoms with Crippen LogP contribution in [0, 0.1) is 5.95 Å². The average Bonchev–Trinajstić information content (AvgIpc) is 2.57. The molecule has 2 aromatic rings. The second-order valence-corrected chi connectivity index (χ2v) is 6.22. The largest absolute Gasteiger partial charge is 0.472 e. The fourth-order valence-electron chi connectivity index (χ4n) is 2.20. The van der Waals surface area contributed by atoms with Crippen molar-refractivity contribution < 1.29 is 24.4 Å². The van der Waals surface area contributed by atoms with Crippen LogP contribution in [-0.2, 0) is 0 Å². The summed E-state index contributed by atoms with van der Waals surface area (Å²) < 4.78 is 19.5. The van der Waals surface area contributed by atoms with Gasteiger partial charge in [0.05, 0.1) is 11.8 Å². The van der Waals surface area contributed by atoms with E-state index in [1.54, 1.807) is 30.6 Å². The Morgan fingerprint density at radius 2 is 1.83 bits per heavy atom. The van der Waals surface area contributed by atoms with Gasteiger partial charge in [-0.15, -0.1) is 11.8 Å². The third-order valence-electron chi connectivity index (χ3n) is 3.49. The molecule has 0 saturated carbocycles. The highest BCUT2D eigenvalue weighted by Crippen LogP contribution is 2.30. The molecule has 0 amide bonds. The van der Waals surface area contributed by atoms with Crippen LogP contribution in [0.4, 0.5) is 4.39 Å². The van der Waals surface area contributed by atoms with Gasteiger partial charge in [-0.2, -0.15) is 4.39 Å². The molecule has 23 heavy (non-hydrogen) atoms. The zero-order valence-electron chi connectivity index (χ0n) is 11.9. The predicted molar refractivity (Wildman–Crippen MR) is 82.3 cm³/mol. The third kappa shape index (κ3) is 3.45. The zero-order chi connectivity index (χ0) is 16.4. The van der Waals surface area contributed by atoms with Crippen molar-refractivity contribution in [1.82, 2.24) is 9.97 Å². The maximum Gasteiger partial charge on any atom is 0.255 e. The number of thioether (sulfide) groups is 1. The molecule has 1 aliphatic heterocycles. The highest BCUT2D eigenvalue weighted by Gasteiger charge is 2.38. The number of aromatic nitrogens is 2. The number of aliphatic hydroxyl groups is 3. The predicted octanol–water partition coefficient (Wildman–Crippen LogP) is 0.817. The van der Waals surface area contributed by atoms with Gasteiger partial charge in [0.2, 0.25) is 0 Å². The molecule has 3 heterocycles. The molecule has 1 fully saturated rings. The van der Waals surface area contributed by atoms with Crippen molar-refractivity contribution in [2.24, 2.45) is 0 Å². The molecule has 4 atom stereocenters. The van der Waals surface area contributed by atoms with Crippen LogP contribution in [0.3, 0.4) is 0 Å². The summed E-state index contributed by atoms with van der Waals surface area (Å²) in [6.45, 7) is 0. The van der Waals surface area contributed by atoms with E-state index < -0.39 is 29.7 Å². The van der Waals surface area contributed by atoms with Crippen LogP contribution < -0.4 is 4.74 Å². The molecule has 6 nitrogen and oxygen atoms in total. The van der Waals surface area contributed by atoms with Gasteiger partial charge >= 0.3 is 0 Å². The minimum absolute atomic E-state index is 0.122. The molecule has 3 rings (SSSR count). The fraction of sp³-hybridized carbons (Fsp3) is 0.333. The maximum absolute atomic E-state index is 14.1. The lowest BCUT2D eigenvalue weighted by Gasteiger charge is -2.34. The van der Waals surface area contributed by atoms with E-state index in [9.17, 15) is 19.7 Å². The van der Waals surface area contributed by atoms with Crippen LogP contribution in [0.2, 0.25) is 0 Å². The molecule has 1 saturated heterocycles. The fourth-order valence-corrected chi connectivity index (χ4v) is 3.31. The van der Waals surface area contributed by atoms with Gasteiger partial charge < -0.3 is 20.1 Å². The van der Waals surface area contributed by atoms with E-state index in [2.05, 4.69) is 9.97 Å². The molecular formula is C15H15FN2O4S. The third-order valence-corrected chi connectivity index (χ3v) is 4.73. The number of rotatable bonds is 3. The number of nitrogens with zero attached hydrogens (tertiary/aromatic N) is 2. The molecule has 122 valence electrons. The van der Waals surface area contributed by atoms with Crippen LogP contribution >= 0.6 is 11.8 Å². The number of hydrogen-bond donors (Lipinski definition) is 3. The topological polar surface area (TPSA) is 95.7 Å². The van der Waals surface area contributed by atoms with Gasteiger partial charge in [0.15, 0.2) is 11.2 Å². The summed E-state index contributed by atoms with van der Waals surface area (Å²) in [6.07, 6.45) is -0.509. The minimum Gasteiger partial charge on any atom is -0.472 e. The molecule has 3 N–H and O–H groups in total. The van der Waals surface area contributed by atoms with Gasteiger partial charge in [0, 0.05) is 23.7 Å². The second kappa shape index (κ2) is 6.79. The van der Waals surface area contributed by atoms with Gasteiger partial charge in [-0.25, -0.2) is 4.98 Å². The Morgan fingerprint density at radius 3 is 2.52 bits per heavy atom. The van der Waals surface area contributed by atoms with Gasteiger partial charge in [-0.1, -0.05) is 0 Å². The lowest BCUT2D eigenvalue weighted by atomic mass is 10.1. The summed E-state index contributed by atoms with van der Waals surface area (Å²) in [5.41, 5.74) is 0.275. The Labute approximate surface area is 136 Å². The van der Waals surface area contributed by atoms with Gasteiger partial charge in [-0.05, 0) is 24.3 Å². The Hall–Kier alpha value is -1.74. The molecule has 8 heteroatoms. The van der Waals surface area contributed by atoms with Gasteiger partial charge in [-0.3, -0.25) is 4.98 Å². The van der Waals surface area contributed by atoms with E-state index in [4.69, 9.17) is 4.74 Å². The first kappa shape index (κ1) is 16.1. The first-order valence-corrected chi connectivity index (χ1v) is 8.00. The minimum atomic E-state index is -1.33.